The van der Waals surface area contributed by atoms with Crippen molar-refractivity contribution in [2.24, 2.45) is 0 Å². The molecule has 0 aromatic heterocycles. The molecule has 1 aliphatic rings. The van der Waals surface area contributed by atoms with Gasteiger partial charge >= 0.3 is 5.97 Å². The first-order valence-electron chi connectivity index (χ1n) is 23.8. The number of aliphatic hydroxyl groups excluding tert-OH is 4. The average Bonchev–Trinajstić information content (AvgIpc) is 3.20. The number of unbranched alkanes of at least 4 members (excludes halogenated alkanes) is 28. The van der Waals surface area contributed by atoms with Gasteiger partial charge in [0.15, 0.2) is 6.29 Å². The highest BCUT2D eigenvalue weighted by atomic mass is 16.7. The number of carbonyl (C=O) groups excluding carboxylic acids is 1. The second-order valence-corrected chi connectivity index (χ2v) is 16.6. The molecule has 4 N–H and O–H groups in total. The minimum atomic E-state index is -1.53. The maximum Gasteiger partial charge on any atom is 0.306 e. The molecule has 56 heavy (non-hydrogen) atoms. The van der Waals surface area contributed by atoms with E-state index in [0.717, 1.165) is 32.1 Å². The number of hydrogen-bond donors (Lipinski definition) is 4. The van der Waals surface area contributed by atoms with Gasteiger partial charge in [-0.15, -0.1) is 0 Å². The van der Waals surface area contributed by atoms with Crippen molar-refractivity contribution in [2.75, 3.05) is 26.4 Å². The van der Waals surface area contributed by atoms with Gasteiger partial charge in [0.25, 0.3) is 0 Å². The van der Waals surface area contributed by atoms with Crippen molar-refractivity contribution >= 4 is 5.97 Å². The Morgan fingerprint density at radius 3 is 1.45 bits per heavy atom. The minimum absolute atomic E-state index is 0.110. The first kappa shape index (κ1) is 52.9. The van der Waals surface area contributed by atoms with E-state index in [9.17, 15) is 25.2 Å². The highest BCUT2D eigenvalue weighted by molar-refractivity contribution is 5.69. The molecule has 0 aromatic rings. The van der Waals surface area contributed by atoms with Crippen molar-refractivity contribution in [3.63, 3.8) is 0 Å². The van der Waals surface area contributed by atoms with Gasteiger partial charge in [-0.1, -0.05) is 187 Å². The normalized spacial score (nSPS) is 20.6. The van der Waals surface area contributed by atoms with Crippen LogP contribution >= 0.6 is 0 Å². The van der Waals surface area contributed by atoms with E-state index in [0.29, 0.717) is 13.0 Å². The lowest BCUT2D eigenvalue weighted by atomic mass is 9.99. The molecule has 1 heterocycles. The molecule has 1 fully saturated rings. The fraction of sp³-hybridized carbons (Fsp3) is 0.936. The molecule has 1 saturated heterocycles. The average molecular weight is 799 g/mol. The highest BCUT2D eigenvalue weighted by Gasteiger charge is 2.44. The van der Waals surface area contributed by atoms with Crippen molar-refractivity contribution in [1.29, 1.82) is 0 Å². The number of allylic oxidation sites excluding steroid dienone is 2. The Morgan fingerprint density at radius 1 is 0.554 bits per heavy atom. The quantitative estimate of drug-likeness (QED) is 0.0271. The maximum atomic E-state index is 12.8. The molecule has 0 radical (unpaired) electrons. The van der Waals surface area contributed by atoms with E-state index in [1.165, 1.54) is 167 Å². The highest BCUT2D eigenvalue weighted by Crippen LogP contribution is 2.23. The van der Waals surface area contributed by atoms with Crippen LogP contribution in [-0.4, -0.2) is 89.6 Å². The molecule has 0 spiro atoms. The third-order valence-corrected chi connectivity index (χ3v) is 11.2. The van der Waals surface area contributed by atoms with Crippen molar-refractivity contribution in [1.82, 2.24) is 0 Å². The molecule has 0 bridgehead atoms. The fourth-order valence-electron chi connectivity index (χ4n) is 7.43. The lowest BCUT2D eigenvalue weighted by molar-refractivity contribution is -0.305. The second-order valence-electron chi connectivity index (χ2n) is 16.6. The Morgan fingerprint density at radius 2 is 0.982 bits per heavy atom. The molecular weight excluding hydrogens is 709 g/mol. The smallest absolute Gasteiger partial charge is 0.306 e. The van der Waals surface area contributed by atoms with E-state index in [1.807, 2.05) is 0 Å². The molecule has 6 atom stereocenters. The summed E-state index contributed by atoms with van der Waals surface area (Å²) in [6, 6.07) is 0. The van der Waals surface area contributed by atoms with Gasteiger partial charge in [0, 0.05) is 13.0 Å². The number of carbonyl (C=O) groups is 1. The van der Waals surface area contributed by atoms with Gasteiger partial charge in [-0.2, -0.15) is 0 Å². The van der Waals surface area contributed by atoms with Crippen LogP contribution in [0.1, 0.15) is 219 Å². The van der Waals surface area contributed by atoms with Gasteiger partial charge < -0.3 is 39.4 Å². The summed E-state index contributed by atoms with van der Waals surface area (Å²) in [4.78, 5) is 12.8. The SMILES string of the molecule is CCCCCCCCC/C=C\CCCCCCCCOCC(COC1OC(CO)C(O)C(O)C1O)OC(=O)CCCCCCCCCCCCCCCCCC. The Kier molecular flexibility index (Phi) is 37.2. The predicted molar refractivity (Wildman–Crippen MR) is 229 cm³/mol. The van der Waals surface area contributed by atoms with Gasteiger partial charge in [-0.25, -0.2) is 0 Å². The minimum Gasteiger partial charge on any atom is -0.457 e. The van der Waals surface area contributed by atoms with Crippen LogP contribution in [0.15, 0.2) is 12.2 Å². The summed E-state index contributed by atoms with van der Waals surface area (Å²) >= 11 is 0. The van der Waals surface area contributed by atoms with Crippen LogP contribution < -0.4 is 0 Å². The summed E-state index contributed by atoms with van der Waals surface area (Å²) in [6.07, 6.45) is 36.6. The Bertz CT molecular complexity index is 869. The Labute approximate surface area is 344 Å². The molecule has 1 rings (SSSR count). The van der Waals surface area contributed by atoms with E-state index < -0.39 is 43.4 Å². The van der Waals surface area contributed by atoms with Gasteiger partial charge in [0.1, 0.15) is 30.5 Å². The van der Waals surface area contributed by atoms with Crippen LogP contribution in [0.5, 0.6) is 0 Å². The van der Waals surface area contributed by atoms with Crippen LogP contribution in [0.2, 0.25) is 0 Å². The van der Waals surface area contributed by atoms with E-state index in [-0.39, 0.29) is 19.2 Å². The Balaban J connectivity index is 2.24. The molecule has 0 saturated carbocycles. The third-order valence-electron chi connectivity index (χ3n) is 11.2. The molecule has 0 aromatic carbocycles. The van der Waals surface area contributed by atoms with E-state index >= 15 is 0 Å². The van der Waals surface area contributed by atoms with Crippen molar-refractivity contribution in [3.8, 4) is 0 Å². The van der Waals surface area contributed by atoms with Gasteiger partial charge in [-0.05, 0) is 38.5 Å². The summed E-state index contributed by atoms with van der Waals surface area (Å²) in [5, 5.41) is 40.1. The number of ether oxygens (including phenoxy) is 4. The number of esters is 1. The maximum absolute atomic E-state index is 12.8. The summed E-state index contributed by atoms with van der Waals surface area (Å²) in [5.41, 5.74) is 0. The third kappa shape index (κ3) is 30.0. The molecular formula is C47H90O9. The summed E-state index contributed by atoms with van der Waals surface area (Å²) in [5.74, 6) is -0.311. The molecule has 9 nitrogen and oxygen atoms in total. The van der Waals surface area contributed by atoms with Crippen LogP contribution in [-0.2, 0) is 23.7 Å². The topological polar surface area (TPSA) is 135 Å². The molecule has 6 unspecified atom stereocenters. The zero-order valence-corrected chi connectivity index (χ0v) is 36.4. The van der Waals surface area contributed by atoms with E-state index in [1.54, 1.807) is 0 Å². The molecule has 9 heteroatoms. The Hall–Kier alpha value is -1.07. The number of rotatable bonds is 41. The lowest BCUT2D eigenvalue weighted by Gasteiger charge is -2.39. The van der Waals surface area contributed by atoms with Crippen molar-refractivity contribution in [3.05, 3.63) is 12.2 Å². The molecule has 332 valence electrons. The monoisotopic (exact) mass is 799 g/mol. The summed E-state index contributed by atoms with van der Waals surface area (Å²) < 4.78 is 22.8. The number of aliphatic hydroxyl groups is 4. The standard InChI is InChI=1S/C47H90O9/c1-3-5-7-9-11-13-15-17-19-21-23-25-27-29-31-33-35-37-53-39-41(40-54-47-46(52)45(51)44(50)42(38-48)56-47)55-43(49)36-34-32-30-28-26-24-22-20-18-16-14-12-10-8-6-4-2/h19,21,41-42,44-48,50-52H,3-18,20,22-40H2,1-2H3/b21-19-. The van der Waals surface area contributed by atoms with Crippen molar-refractivity contribution in [2.45, 2.75) is 256 Å². The van der Waals surface area contributed by atoms with E-state index in [2.05, 4.69) is 26.0 Å². The van der Waals surface area contributed by atoms with Gasteiger partial charge in [0.2, 0.25) is 0 Å². The van der Waals surface area contributed by atoms with Crippen LogP contribution in [0.3, 0.4) is 0 Å². The van der Waals surface area contributed by atoms with Crippen molar-refractivity contribution < 1.29 is 44.2 Å². The number of hydrogen-bond acceptors (Lipinski definition) is 9. The van der Waals surface area contributed by atoms with Crippen LogP contribution in [0.4, 0.5) is 0 Å². The predicted octanol–water partition coefficient (Wildman–Crippen LogP) is 10.8. The van der Waals surface area contributed by atoms with Crippen LogP contribution in [0, 0.1) is 0 Å². The zero-order valence-electron chi connectivity index (χ0n) is 36.4. The largest absolute Gasteiger partial charge is 0.457 e. The summed E-state index contributed by atoms with van der Waals surface area (Å²) in [6.45, 7) is 4.58. The van der Waals surface area contributed by atoms with Gasteiger partial charge in [0.05, 0.1) is 19.8 Å². The summed E-state index contributed by atoms with van der Waals surface area (Å²) in [7, 11) is 0. The lowest BCUT2D eigenvalue weighted by Crippen LogP contribution is -2.59. The molecule has 0 aliphatic carbocycles. The second kappa shape index (κ2) is 39.4. The zero-order chi connectivity index (χ0) is 40.7. The van der Waals surface area contributed by atoms with E-state index in [4.69, 9.17) is 18.9 Å². The fourth-order valence-corrected chi connectivity index (χ4v) is 7.43. The van der Waals surface area contributed by atoms with Crippen LogP contribution in [0.25, 0.3) is 0 Å². The first-order chi connectivity index (χ1) is 27.4. The molecule has 0 amide bonds. The molecule has 1 aliphatic heterocycles. The van der Waals surface area contributed by atoms with Gasteiger partial charge in [-0.3, -0.25) is 4.79 Å². The first-order valence-corrected chi connectivity index (χ1v) is 23.8.